The van der Waals surface area contributed by atoms with Crippen LogP contribution < -0.4 is 5.32 Å². The van der Waals surface area contributed by atoms with E-state index in [0.717, 1.165) is 39.2 Å². The molecule has 0 aliphatic carbocycles. The Morgan fingerprint density at radius 1 is 1.17 bits per heavy atom. The largest absolute Gasteiger partial charge is 0.356 e. The van der Waals surface area contributed by atoms with E-state index < -0.39 is 0 Å². The van der Waals surface area contributed by atoms with Crippen LogP contribution in [0.15, 0.2) is 52.8 Å². The van der Waals surface area contributed by atoms with E-state index in [9.17, 15) is 4.79 Å². The van der Waals surface area contributed by atoms with Gasteiger partial charge in [0.25, 0.3) is 5.91 Å². The number of benzene rings is 1. The lowest BCUT2D eigenvalue weighted by atomic mass is 10.0. The molecule has 4 rings (SSSR count). The van der Waals surface area contributed by atoms with Gasteiger partial charge in [0, 0.05) is 34.6 Å². The highest BCUT2D eigenvalue weighted by Crippen LogP contribution is 2.30. The highest BCUT2D eigenvalue weighted by atomic mass is 32.1. The van der Waals surface area contributed by atoms with Crippen molar-refractivity contribution in [2.24, 2.45) is 0 Å². The number of carbonyl (C=O) groups excluding carboxylic acids is 1. The van der Waals surface area contributed by atoms with Gasteiger partial charge in [-0.05, 0) is 31.9 Å². The summed E-state index contributed by atoms with van der Waals surface area (Å²) < 4.78 is 5.38. The molecule has 1 N–H and O–H groups in total. The molecular formula is C22H20N4O2S. The smallest absolute Gasteiger partial charge is 0.252 e. The predicted molar refractivity (Wildman–Crippen MR) is 113 cm³/mol. The van der Waals surface area contributed by atoms with Crippen molar-refractivity contribution in [3.05, 3.63) is 75.5 Å². The number of amides is 1. The van der Waals surface area contributed by atoms with E-state index in [2.05, 4.69) is 20.4 Å². The third-order valence-electron chi connectivity index (χ3n) is 4.82. The molecule has 29 heavy (non-hydrogen) atoms. The number of aromatic nitrogens is 3. The van der Waals surface area contributed by atoms with Crippen molar-refractivity contribution in [2.45, 2.75) is 27.3 Å². The summed E-state index contributed by atoms with van der Waals surface area (Å²) in [6.07, 6.45) is 3.24. The van der Waals surface area contributed by atoms with Gasteiger partial charge in [-0.1, -0.05) is 29.4 Å². The summed E-state index contributed by atoms with van der Waals surface area (Å²) in [4.78, 5) is 22.1. The predicted octanol–water partition coefficient (Wildman–Crippen LogP) is 4.72. The van der Waals surface area contributed by atoms with Crippen LogP contribution in [0.25, 0.3) is 22.6 Å². The third-order valence-corrected chi connectivity index (χ3v) is 5.83. The van der Waals surface area contributed by atoms with E-state index in [1.807, 2.05) is 56.5 Å². The lowest BCUT2D eigenvalue weighted by Crippen LogP contribution is -2.22. The molecular weight excluding hydrogens is 384 g/mol. The summed E-state index contributed by atoms with van der Waals surface area (Å²) in [6, 6.07) is 9.80. The van der Waals surface area contributed by atoms with Crippen molar-refractivity contribution < 1.29 is 9.32 Å². The summed E-state index contributed by atoms with van der Waals surface area (Å²) in [6.45, 7) is 6.34. The van der Waals surface area contributed by atoms with Crippen LogP contribution in [0.5, 0.6) is 0 Å². The highest BCUT2D eigenvalue weighted by Gasteiger charge is 2.14. The lowest BCUT2D eigenvalue weighted by Gasteiger charge is -2.08. The maximum absolute atomic E-state index is 12.4. The second-order valence-electron chi connectivity index (χ2n) is 6.83. The van der Waals surface area contributed by atoms with Gasteiger partial charge in [-0.2, -0.15) is 0 Å². The molecule has 3 aromatic heterocycles. The van der Waals surface area contributed by atoms with E-state index in [1.165, 1.54) is 11.2 Å². The topological polar surface area (TPSA) is 80.9 Å². The van der Waals surface area contributed by atoms with Crippen LogP contribution in [0, 0.1) is 20.8 Å². The fourth-order valence-electron chi connectivity index (χ4n) is 3.03. The molecule has 0 atom stereocenters. The fraction of sp³-hybridized carbons (Fsp3) is 0.182. The normalized spacial score (nSPS) is 10.9. The molecule has 0 saturated carbocycles. The molecule has 6 nitrogen and oxygen atoms in total. The molecule has 0 bridgehead atoms. The second-order valence-corrected chi connectivity index (χ2v) is 7.91. The molecule has 3 heterocycles. The first-order valence-corrected chi connectivity index (χ1v) is 10.1. The zero-order valence-corrected chi connectivity index (χ0v) is 17.2. The summed E-state index contributed by atoms with van der Waals surface area (Å²) in [5.41, 5.74) is 6.11. The number of aryl methyl sites for hydroxylation is 2. The summed E-state index contributed by atoms with van der Waals surface area (Å²) in [7, 11) is 0. The minimum Gasteiger partial charge on any atom is -0.356 e. The van der Waals surface area contributed by atoms with Crippen LogP contribution >= 0.6 is 11.3 Å². The minimum absolute atomic E-state index is 0.0466. The van der Waals surface area contributed by atoms with Gasteiger partial charge in [-0.3, -0.25) is 4.79 Å². The van der Waals surface area contributed by atoms with Gasteiger partial charge in [0.2, 0.25) is 0 Å². The van der Waals surface area contributed by atoms with Crippen LogP contribution in [0.1, 0.15) is 32.1 Å². The molecule has 0 aliphatic rings. The second kappa shape index (κ2) is 7.97. The number of carbonyl (C=O) groups is 1. The maximum atomic E-state index is 12.4. The van der Waals surface area contributed by atoms with Crippen molar-refractivity contribution >= 4 is 17.2 Å². The molecule has 0 saturated heterocycles. The van der Waals surface area contributed by atoms with E-state index in [-0.39, 0.29) is 5.91 Å². The highest BCUT2D eigenvalue weighted by molar-refractivity contribution is 7.10. The molecule has 146 valence electrons. The van der Waals surface area contributed by atoms with Gasteiger partial charge in [-0.25, -0.2) is 9.97 Å². The molecule has 0 unspecified atom stereocenters. The molecule has 1 aromatic carbocycles. The number of hydrogen-bond acceptors (Lipinski definition) is 6. The third kappa shape index (κ3) is 3.95. The zero-order chi connectivity index (χ0) is 20.4. The number of nitrogens with zero attached hydrogens (tertiary/aromatic N) is 3. The first-order chi connectivity index (χ1) is 14.0. The number of rotatable bonds is 5. The Morgan fingerprint density at radius 2 is 1.97 bits per heavy atom. The van der Waals surface area contributed by atoms with Gasteiger partial charge in [0.15, 0.2) is 5.76 Å². The molecule has 0 aliphatic heterocycles. The number of thiophene rings is 1. The van der Waals surface area contributed by atoms with Crippen molar-refractivity contribution in [2.75, 3.05) is 0 Å². The van der Waals surface area contributed by atoms with Gasteiger partial charge < -0.3 is 9.84 Å². The van der Waals surface area contributed by atoms with Crippen LogP contribution in [-0.2, 0) is 6.54 Å². The average Bonchev–Trinajstić information content (AvgIpc) is 3.32. The van der Waals surface area contributed by atoms with E-state index in [4.69, 9.17) is 4.52 Å². The molecule has 7 heteroatoms. The minimum atomic E-state index is -0.0466. The average molecular weight is 404 g/mol. The fourth-order valence-corrected chi connectivity index (χ4v) is 3.89. The van der Waals surface area contributed by atoms with Crippen molar-refractivity contribution in [1.29, 1.82) is 0 Å². The quantitative estimate of drug-likeness (QED) is 0.521. The lowest BCUT2D eigenvalue weighted by molar-refractivity contribution is 0.0950. The monoisotopic (exact) mass is 404 g/mol. The van der Waals surface area contributed by atoms with Crippen molar-refractivity contribution in [3.8, 4) is 22.6 Å². The summed E-state index contributed by atoms with van der Waals surface area (Å²) >= 11 is 1.60. The Balaban J connectivity index is 1.50. The van der Waals surface area contributed by atoms with Crippen LogP contribution in [0.4, 0.5) is 0 Å². The Hall–Kier alpha value is -3.32. The van der Waals surface area contributed by atoms with Gasteiger partial charge in [0.05, 0.1) is 22.5 Å². The van der Waals surface area contributed by atoms with Gasteiger partial charge in [-0.15, -0.1) is 11.3 Å². The van der Waals surface area contributed by atoms with Gasteiger partial charge in [0.1, 0.15) is 6.33 Å². The Morgan fingerprint density at radius 3 is 2.62 bits per heavy atom. The number of nitrogens with one attached hydrogen (secondary N) is 1. The Labute approximate surface area is 172 Å². The Bertz CT molecular complexity index is 1160. The maximum Gasteiger partial charge on any atom is 0.252 e. The molecule has 0 radical (unpaired) electrons. The SMILES string of the molecule is Cc1cc(-c2cncnc2-c2ccc(CNC(=O)c3csc(C)c3C)cc2)on1. The van der Waals surface area contributed by atoms with Crippen LogP contribution in [-0.4, -0.2) is 21.0 Å². The molecule has 0 spiro atoms. The van der Waals surface area contributed by atoms with E-state index in [0.29, 0.717) is 12.3 Å². The van der Waals surface area contributed by atoms with Crippen molar-refractivity contribution in [1.82, 2.24) is 20.4 Å². The summed E-state index contributed by atoms with van der Waals surface area (Å²) in [5, 5.41) is 8.84. The van der Waals surface area contributed by atoms with E-state index in [1.54, 1.807) is 17.5 Å². The first-order valence-electron chi connectivity index (χ1n) is 9.19. The van der Waals surface area contributed by atoms with E-state index >= 15 is 0 Å². The van der Waals surface area contributed by atoms with Crippen molar-refractivity contribution in [3.63, 3.8) is 0 Å². The van der Waals surface area contributed by atoms with Crippen LogP contribution in [0.3, 0.4) is 0 Å². The first kappa shape index (κ1) is 19.0. The zero-order valence-electron chi connectivity index (χ0n) is 16.4. The Kier molecular flexibility index (Phi) is 5.22. The number of hydrogen-bond donors (Lipinski definition) is 1. The standard InChI is InChI=1S/C22H20N4O2S/c1-13-8-20(28-26-13)18-10-23-12-25-21(18)17-6-4-16(5-7-17)9-24-22(27)19-11-29-15(3)14(19)2/h4-8,10-12H,9H2,1-3H3,(H,24,27). The summed E-state index contributed by atoms with van der Waals surface area (Å²) in [5.74, 6) is 0.588. The van der Waals surface area contributed by atoms with Crippen LogP contribution in [0.2, 0.25) is 0 Å². The molecule has 4 aromatic rings. The molecule has 0 fully saturated rings. The molecule has 1 amide bonds. The van der Waals surface area contributed by atoms with Gasteiger partial charge >= 0.3 is 0 Å².